The lowest BCUT2D eigenvalue weighted by atomic mass is 9.96. The van der Waals surface area contributed by atoms with E-state index in [4.69, 9.17) is 5.73 Å². The van der Waals surface area contributed by atoms with Crippen LogP contribution in [0.5, 0.6) is 0 Å². The molecule has 1 aromatic rings. The Balaban J connectivity index is 1.87. The molecule has 1 aromatic carbocycles. The van der Waals surface area contributed by atoms with Gasteiger partial charge in [-0.1, -0.05) is 12.1 Å². The first kappa shape index (κ1) is 17.4. The van der Waals surface area contributed by atoms with Crippen molar-refractivity contribution in [3.05, 3.63) is 29.8 Å². The van der Waals surface area contributed by atoms with Crippen molar-refractivity contribution in [3.63, 3.8) is 0 Å². The van der Waals surface area contributed by atoms with Crippen LogP contribution in [0.1, 0.15) is 25.3 Å². The van der Waals surface area contributed by atoms with Crippen LogP contribution in [-0.2, 0) is 16.1 Å². The number of nitrogens with zero attached hydrogens (tertiary/aromatic N) is 1. The number of rotatable bonds is 6. The Bertz CT molecular complexity index is 530. The van der Waals surface area contributed by atoms with E-state index in [0.29, 0.717) is 13.1 Å². The summed E-state index contributed by atoms with van der Waals surface area (Å²) in [7, 11) is 0. The lowest BCUT2D eigenvalue weighted by Gasteiger charge is -2.32. The van der Waals surface area contributed by atoms with Crippen molar-refractivity contribution < 1.29 is 9.59 Å². The number of piperidine rings is 1. The Labute approximate surface area is 137 Å². The number of nitrogens with two attached hydrogens (primary N) is 1. The third-order valence-electron chi connectivity index (χ3n) is 4.00. The van der Waals surface area contributed by atoms with E-state index in [-0.39, 0.29) is 17.7 Å². The summed E-state index contributed by atoms with van der Waals surface area (Å²) < 4.78 is 0. The average Bonchev–Trinajstić information content (AvgIpc) is 2.54. The van der Waals surface area contributed by atoms with Crippen molar-refractivity contribution in [3.8, 4) is 0 Å². The summed E-state index contributed by atoms with van der Waals surface area (Å²) in [6.45, 7) is 5.12. The van der Waals surface area contributed by atoms with Crippen LogP contribution in [0.4, 0.5) is 5.69 Å². The van der Waals surface area contributed by atoms with Crippen LogP contribution in [0.3, 0.4) is 0 Å². The highest BCUT2D eigenvalue weighted by Crippen LogP contribution is 2.19. The zero-order chi connectivity index (χ0) is 16.7. The smallest absolute Gasteiger partial charge is 0.224 e. The summed E-state index contributed by atoms with van der Waals surface area (Å²) in [6, 6.07) is 7.85. The molecule has 6 heteroatoms. The number of hydrogen-bond acceptors (Lipinski definition) is 4. The molecular formula is C17H26N4O2. The standard InChI is InChI=1S/C17H26N4O2/c1-13(22)20-16-6-4-14(5-7-16)11-21-10-2-3-15(12-21)17(23)19-9-8-18/h4-7,15H,2-3,8-12,18H2,1H3,(H,19,23)(H,20,22). The summed E-state index contributed by atoms with van der Waals surface area (Å²) >= 11 is 0. The molecule has 0 aromatic heterocycles. The molecule has 0 aliphatic carbocycles. The molecular weight excluding hydrogens is 292 g/mol. The van der Waals surface area contributed by atoms with Gasteiger partial charge in [0.2, 0.25) is 11.8 Å². The van der Waals surface area contributed by atoms with E-state index >= 15 is 0 Å². The van der Waals surface area contributed by atoms with E-state index in [9.17, 15) is 9.59 Å². The molecule has 1 heterocycles. The van der Waals surface area contributed by atoms with Crippen LogP contribution in [0.15, 0.2) is 24.3 Å². The van der Waals surface area contributed by atoms with Gasteiger partial charge >= 0.3 is 0 Å². The largest absolute Gasteiger partial charge is 0.355 e. The Hall–Kier alpha value is -1.92. The van der Waals surface area contributed by atoms with E-state index in [1.807, 2.05) is 24.3 Å². The van der Waals surface area contributed by atoms with Crippen molar-refractivity contribution >= 4 is 17.5 Å². The molecule has 1 aliphatic rings. The maximum atomic E-state index is 12.1. The van der Waals surface area contributed by atoms with Gasteiger partial charge in [0, 0.05) is 38.8 Å². The summed E-state index contributed by atoms with van der Waals surface area (Å²) in [5.41, 5.74) is 7.41. The molecule has 0 saturated carbocycles. The topological polar surface area (TPSA) is 87.5 Å². The lowest BCUT2D eigenvalue weighted by Crippen LogP contribution is -2.43. The van der Waals surface area contributed by atoms with E-state index in [1.165, 1.54) is 12.5 Å². The molecule has 23 heavy (non-hydrogen) atoms. The van der Waals surface area contributed by atoms with Crippen molar-refractivity contribution in [2.24, 2.45) is 11.7 Å². The molecule has 2 amide bonds. The molecule has 1 fully saturated rings. The summed E-state index contributed by atoms with van der Waals surface area (Å²) in [5.74, 6) is 0.0928. The van der Waals surface area contributed by atoms with Gasteiger partial charge in [0.25, 0.3) is 0 Å². The molecule has 1 aliphatic heterocycles. The fourth-order valence-electron chi connectivity index (χ4n) is 2.91. The molecule has 0 radical (unpaired) electrons. The molecule has 1 unspecified atom stereocenters. The minimum Gasteiger partial charge on any atom is -0.355 e. The monoisotopic (exact) mass is 318 g/mol. The highest BCUT2D eigenvalue weighted by molar-refractivity contribution is 5.88. The molecule has 1 atom stereocenters. The van der Waals surface area contributed by atoms with Crippen molar-refractivity contribution in [2.75, 3.05) is 31.5 Å². The molecule has 2 rings (SSSR count). The lowest BCUT2D eigenvalue weighted by molar-refractivity contribution is -0.126. The third kappa shape index (κ3) is 5.65. The number of carbonyl (C=O) groups is 2. The van der Waals surface area contributed by atoms with Gasteiger partial charge in [-0.25, -0.2) is 0 Å². The Morgan fingerprint density at radius 1 is 1.30 bits per heavy atom. The highest BCUT2D eigenvalue weighted by atomic mass is 16.2. The normalized spacial score (nSPS) is 18.4. The minimum atomic E-state index is -0.0693. The van der Waals surface area contributed by atoms with Crippen LogP contribution < -0.4 is 16.4 Å². The van der Waals surface area contributed by atoms with Gasteiger partial charge < -0.3 is 16.4 Å². The molecule has 4 N–H and O–H groups in total. The van der Waals surface area contributed by atoms with Gasteiger partial charge in [-0.05, 0) is 37.1 Å². The third-order valence-corrected chi connectivity index (χ3v) is 4.00. The average molecular weight is 318 g/mol. The van der Waals surface area contributed by atoms with Crippen molar-refractivity contribution in [1.82, 2.24) is 10.2 Å². The predicted molar refractivity (Wildman–Crippen MR) is 90.8 cm³/mol. The number of carbonyl (C=O) groups excluding carboxylic acids is 2. The number of benzene rings is 1. The molecule has 1 saturated heterocycles. The highest BCUT2D eigenvalue weighted by Gasteiger charge is 2.25. The number of nitrogens with one attached hydrogen (secondary N) is 2. The number of likely N-dealkylation sites (tertiary alicyclic amines) is 1. The van der Waals surface area contributed by atoms with Gasteiger partial charge in [0.1, 0.15) is 0 Å². The molecule has 0 spiro atoms. The van der Waals surface area contributed by atoms with Crippen molar-refractivity contribution in [2.45, 2.75) is 26.3 Å². The van der Waals surface area contributed by atoms with Gasteiger partial charge in [-0.2, -0.15) is 0 Å². The van der Waals surface area contributed by atoms with Gasteiger partial charge in [0.15, 0.2) is 0 Å². The van der Waals surface area contributed by atoms with Gasteiger partial charge in [-0.3, -0.25) is 14.5 Å². The first-order valence-corrected chi connectivity index (χ1v) is 8.15. The quantitative estimate of drug-likeness (QED) is 0.728. The van der Waals surface area contributed by atoms with Crippen LogP contribution in [0.2, 0.25) is 0 Å². The van der Waals surface area contributed by atoms with Crippen LogP contribution in [-0.4, -0.2) is 42.9 Å². The van der Waals surface area contributed by atoms with Crippen molar-refractivity contribution in [1.29, 1.82) is 0 Å². The Morgan fingerprint density at radius 3 is 2.70 bits per heavy atom. The van der Waals surface area contributed by atoms with E-state index in [2.05, 4.69) is 15.5 Å². The Morgan fingerprint density at radius 2 is 2.04 bits per heavy atom. The fourth-order valence-corrected chi connectivity index (χ4v) is 2.91. The zero-order valence-electron chi connectivity index (χ0n) is 13.7. The SMILES string of the molecule is CC(=O)Nc1ccc(CN2CCCC(C(=O)NCCN)C2)cc1. The second kappa shape index (κ2) is 8.64. The summed E-state index contributed by atoms with van der Waals surface area (Å²) in [5, 5.41) is 5.64. The number of amides is 2. The molecule has 126 valence electrons. The number of anilines is 1. The van der Waals surface area contributed by atoms with Gasteiger partial charge in [-0.15, -0.1) is 0 Å². The molecule has 6 nitrogen and oxygen atoms in total. The van der Waals surface area contributed by atoms with Gasteiger partial charge in [0.05, 0.1) is 5.92 Å². The zero-order valence-corrected chi connectivity index (χ0v) is 13.7. The molecule has 0 bridgehead atoms. The second-order valence-corrected chi connectivity index (χ2v) is 6.03. The maximum Gasteiger partial charge on any atom is 0.224 e. The van der Waals surface area contributed by atoms with Crippen LogP contribution in [0, 0.1) is 5.92 Å². The van der Waals surface area contributed by atoms with E-state index < -0.39 is 0 Å². The summed E-state index contributed by atoms with van der Waals surface area (Å²) in [4.78, 5) is 25.4. The number of hydrogen-bond donors (Lipinski definition) is 3. The fraction of sp³-hybridized carbons (Fsp3) is 0.529. The predicted octanol–water partition coefficient (Wildman–Crippen LogP) is 0.932. The first-order chi connectivity index (χ1) is 11.1. The first-order valence-electron chi connectivity index (χ1n) is 8.15. The Kier molecular flexibility index (Phi) is 6.55. The van der Waals surface area contributed by atoms with E-state index in [0.717, 1.165) is 38.2 Å². The van der Waals surface area contributed by atoms with Crippen LogP contribution in [0.25, 0.3) is 0 Å². The van der Waals surface area contributed by atoms with E-state index in [1.54, 1.807) is 0 Å². The minimum absolute atomic E-state index is 0.0500. The maximum absolute atomic E-state index is 12.1. The van der Waals surface area contributed by atoms with Crippen LogP contribution >= 0.6 is 0 Å². The summed E-state index contributed by atoms with van der Waals surface area (Å²) in [6.07, 6.45) is 1.97. The second-order valence-electron chi connectivity index (χ2n) is 6.03.